The molecular weight excluding hydrogens is 368 g/mol. The van der Waals surface area contributed by atoms with E-state index in [-0.39, 0.29) is 17.7 Å². The van der Waals surface area contributed by atoms with Crippen molar-refractivity contribution in [2.24, 2.45) is 0 Å². The normalized spacial score (nSPS) is 14.0. The van der Waals surface area contributed by atoms with Crippen LogP contribution in [0.5, 0.6) is 0 Å². The van der Waals surface area contributed by atoms with Gasteiger partial charge in [0.2, 0.25) is 5.91 Å². The van der Waals surface area contributed by atoms with E-state index in [2.05, 4.69) is 15.6 Å². The highest BCUT2D eigenvalue weighted by molar-refractivity contribution is 6.04. The summed E-state index contributed by atoms with van der Waals surface area (Å²) in [5.41, 5.74) is 1.39. The summed E-state index contributed by atoms with van der Waals surface area (Å²) in [7, 11) is 0. The standard InChI is InChI=1S/C22H26N4O3/c27-20(26-13-3-1-2-4-14-26)10-12-24-21(28)17-7-5-9-19(15-17)25-22(29)18-8-6-11-23-16-18/h5-9,11,15-16H,1-4,10,12-14H2,(H,24,28)(H,25,29). The fraction of sp³-hybridized carbons (Fsp3) is 0.364. The molecule has 0 aliphatic carbocycles. The number of anilines is 1. The Morgan fingerprint density at radius 2 is 1.69 bits per heavy atom. The van der Waals surface area contributed by atoms with Crippen molar-refractivity contribution in [3.63, 3.8) is 0 Å². The molecule has 2 N–H and O–H groups in total. The lowest BCUT2D eigenvalue weighted by Crippen LogP contribution is -2.35. The zero-order valence-electron chi connectivity index (χ0n) is 16.4. The summed E-state index contributed by atoms with van der Waals surface area (Å²) in [5, 5.41) is 5.54. The number of benzene rings is 1. The third kappa shape index (κ3) is 6.14. The second kappa shape index (κ2) is 10.4. The Morgan fingerprint density at radius 1 is 0.931 bits per heavy atom. The number of carbonyl (C=O) groups excluding carboxylic acids is 3. The molecule has 29 heavy (non-hydrogen) atoms. The van der Waals surface area contributed by atoms with E-state index in [0.717, 1.165) is 25.9 Å². The Kier molecular flexibility index (Phi) is 7.33. The lowest BCUT2D eigenvalue weighted by Gasteiger charge is -2.20. The van der Waals surface area contributed by atoms with Crippen LogP contribution in [0.2, 0.25) is 0 Å². The number of pyridine rings is 1. The molecule has 2 aromatic rings. The Morgan fingerprint density at radius 3 is 2.41 bits per heavy atom. The molecule has 152 valence electrons. The molecule has 1 aromatic carbocycles. The van der Waals surface area contributed by atoms with E-state index in [9.17, 15) is 14.4 Å². The first kappa shape index (κ1) is 20.5. The summed E-state index contributed by atoms with van der Waals surface area (Å²) >= 11 is 0. The number of amides is 3. The number of nitrogens with zero attached hydrogens (tertiary/aromatic N) is 2. The first-order chi connectivity index (χ1) is 14.1. The van der Waals surface area contributed by atoms with Crippen LogP contribution in [0, 0.1) is 0 Å². The van der Waals surface area contributed by atoms with Gasteiger partial charge in [-0.1, -0.05) is 18.9 Å². The molecule has 2 heterocycles. The van der Waals surface area contributed by atoms with Crippen LogP contribution in [0.3, 0.4) is 0 Å². The van der Waals surface area contributed by atoms with Crippen molar-refractivity contribution in [3.05, 3.63) is 59.9 Å². The monoisotopic (exact) mass is 394 g/mol. The highest BCUT2D eigenvalue weighted by Crippen LogP contribution is 2.13. The zero-order chi connectivity index (χ0) is 20.5. The Bertz CT molecular complexity index is 846. The maximum Gasteiger partial charge on any atom is 0.257 e. The number of hydrogen-bond donors (Lipinski definition) is 2. The van der Waals surface area contributed by atoms with Gasteiger partial charge in [-0.05, 0) is 43.2 Å². The molecule has 0 unspecified atom stereocenters. The summed E-state index contributed by atoms with van der Waals surface area (Å²) in [5.74, 6) is -0.477. The predicted octanol–water partition coefficient (Wildman–Crippen LogP) is 2.86. The van der Waals surface area contributed by atoms with Crippen LogP contribution in [0.4, 0.5) is 5.69 Å². The van der Waals surface area contributed by atoms with Crippen molar-refractivity contribution in [1.82, 2.24) is 15.2 Å². The first-order valence-corrected chi connectivity index (χ1v) is 10.0. The van der Waals surface area contributed by atoms with Gasteiger partial charge in [-0.3, -0.25) is 19.4 Å². The molecule has 7 nitrogen and oxygen atoms in total. The van der Waals surface area contributed by atoms with Crippen molar-refractivity contribution >= 4 is 23.4 Å². The summed E-state index contributed by atoms with van der Waals surface area (Å²) in [6.07, 6.45) is 7.82. The van der Waals surface area contributed by atoms with Gasteiger partial charge in [-0.2, -0.15) is 0 Å². The quantitative estimate of drug-likeness (QED) is 0.788. The van der Waals surface area contributed by atoms with Gasteiger partial charge in [0.15, 0.2) is 0 Å². The van der Waals surface area contributed by atoms with E-state index in [1.165, 1.54) is 19.0 Å². The molecular formula is C22H26N4O3. The average molecular weight is 394 g/mol. The SMILES string of the molecule is O=C(NCCC(=O)N1CCCCCC1)c1cccc(NC(=O)c2cccnc2)c1. The van der Waals surface area contributed by atoms with Gasteiger partial charge >= 0.3 is 0 Å². The van der Waals surface area contributed by atoms with E-state index in [1.54, 1.807) is 42.6 Å². The third-order valence-electron chi connectivity index (χ3n) is 4.89. The van der Waals surface area contributed by atoms with Crippen molar-refractivity contribution in [2.75, 3.05) is 25.0 Å². The van der Waals surface area contributed by atoms with Gasteiger partial charge in [0.05, 0.1) is 5.56 Å². The van der Waals surface area contributed by atoms with Crippen molar-refractivity contribution in [2.45, 2.75) is 32.1 Å². The molecule has 1 aliphatic heterocycles. The summed E-state index contributed by atoms with van der Waals surface area (Å²) in [4.78, 5) is 42.8. The number of nitrogens with one attached hydrogen (secondary N) is 2. The van der Waals surface area contributed by atoms with Gasteiger partial charge in [0.1, 0.15) is 0 Å². The van der Waals surface area contributed by atoms with Gasteiger partial charge in [-0.25, -0.2) is 0 Å². The van der Waals surface area contributed by atoms with E-state index in [0.29, 0.717) is 29.8 Å². The minimum Gasteiger partial charge on any atom is -0.352 e. The Hall–Kier alpha value is -3.22. The molecule has 0 atom stereocenters. The van der Waals surface area contributed by atoms with E-state index < -0.39 is 0 Å². The van der Waals surface area contributed by atoms with Crippen molar-refractivity contribution in [1.29, 1.82) is 0 Å². The Balaban J connectivity index is 1.50. The predicted molar refractivity (Wildman–Crippen MR) is 111 cm³/mol. The number of hydrogen-bond acceptors (Lipinski definition) is 4. The molecule has 1 saturated heterocycles. The van der Waals surface area contributed by atoms with E-state index >= 15 is 0 Å². The second-order valence-electron chi connectivity index (χ2n) is 7.08. The molecule has 1 aromatic heterocycles. The number of aromatic nitrogens is 1. The molecule has 1 fully saturated rings. The molecule has 7 heteroatoms. The van der Waals surface area contributed by atoms with Crippen molar-refractivity contribution in [3.8, 4) is 0 Å². The zero-order valence-corrected chi connectivity index (χ0v) is 16.4. The van der Waals surface area contributed by atoms with Crippen LogP contribution in [-0.4, -0.2) is 47.2 Å². The maximum absolute atomic E-state index is 12.4. The fourth-order valence-corrected chi connectivity index (χ4v) is 3.30. The average Bonchev–Trinajstić information content (AvgIpc) is 3.04. The summed E-state index contributed by atoms with van der Waals surface area (Å²) in [6.45, 7) is 1.91. The molecule has 0 saturated carbocycles. The third-order valence-corrected chi connectivity index (χ3v) is 4.89. The number of rotatable bonds is 6. The lowest BCUT2D eigenvalue weighted by molar-refractivity contribution is -0.131. The van der Waals surface area contributed by atoms with Gasteiger partial charge in [0.25, 0.3) is 11.8 Å². The van der Waals surface area contributed by atoms with Gasteiger partial charge in [-0.15, -0.1) is 0 Å². The van der Waals surface area contributed by atoms with Crippen LogP contribution >= 0.6 is 0 Å². The molecule has 1 aliphatic rings. The highest BCUT2D eigenvalue weighted by atomic mass is 16.2. The molecule has 3 rings (SSSR count). The maximum atomic E-state index is 12.4. The smallest absolute Gasteiger partial charge is 0.257 e. The fourth-order valence-electron chi connectivity index (χ4n) is 3.30. The molecule has 0 spiro atoms. The first-order valence-electron chi connectivity index (χ1n) is 10.0. The van der Waals surface area contributed by atoms with Crippen LogP contribution in [-0.2, 0) is 4.79 Å². The topological polar surface area (TPSA) is 91.4 Å². The highest BCUT2D eigenvalue weighted by Gasteiger charge is 2.16. The van der Waals surface area contributed by atoms with Gasteiger partial charge < -0.3 is 15.5 Å². The van der Waals surface area contributed by atoms with E-state index in [4.69, 9.17) is 0 Å². The van der Waals surface area contributed by atoms with Crippen LogP contribution in [0.15, 0.2) is 48.8 Å². The largest absolute Gasteiger partial charge is 0.352 e. The second-order valence-corrected chi connectivity index (χ2v) is 7.08. The van der Waals surface area contributed by atoms with Crippen molar-refractivity contribution < 1.29 is 14.4 Å². The lowest BCUT2D eigenvalue weighted by atomic mass is 10.1. The molecule has 0 bridgehead atoms. The van der Waals surface area contributed by atoms with Gasteiger partial charge in [0, 0.05) is 49.7 Å². The molecule has 0 radical (unpaired) electrons. The van der Waals surface area contributed by atoms with Crippen LogP contribution in [0.25, 0.3) is 0 Å². The minimum absolute atomic E-state index is 0.0877. The van der Waals surface area contributed by atoms with Crippen LogP contribution < -0.4 is 10.6 Å². The van der Waals surface area contributed by atoms with Crippen LogP contribution in [0.1, 0.15) is 52.8 Å². The molecule has 3 amide bonds. The number of carbonyl (C=O) groups is 3. The van der Waals surface area contributed by atoms with E-state index in [1.807, 2.05) is 4.90 Å². The summed E-state index contributed by atoms with van der Waals surface area (Å²) in [6, 6.07) is 10.1. The minimum atomic E-state index is -0.293. The summed E-state index contributed by atoms with van der Waals surface area (Å²) < 4.78 is 0. The number of likely N-dealkylation sites (tertiary alicyclic amines) is 1. The Labute approximate surface area is 170 Å².